The Kier molecular flexibility index (Phi) is 6.03. The molecule has 0 aliphatic carbocycles. The largest absolute Gasteiger partial charge is 0.497 e. The highest BCUT2D eigenvalue weighted by Gasteiger charge is 2.42. The van der Waals surface area contributed by atoms with Crippen LogP contribution in [0.5, 0.6) is 11.5 Å². The van der Waals surface area contributed by atoms with E-state index in [-0.39, 0.29) is 17.1 Å². The Morgan fingerprint density at radius 1 is 0.931 bits per heavy atom. The molecule has 5 nitrogen and oxygen atoms in total. The van der Waals surface area contributed by atoms with Gasteiger partial charge in [-0.1, -0.05) is 37.6 Å². The summed E-state index contributed by atoms with van der Waals surface area (Å²) >= 11 is 1.41. The number of benzene rings is 2. The zero-order chi connectivity index (χ0) is 21.3. The number of carbonyl (C=O) groups is 2. The summed E-state index contributed by atoms with van der Waals surface area (Å²) in [4.78, 5) is 28.6. The quantitative estimate of drug-likeness (QED) is 0.642. The maximum atomic E-state index is 13.5. The molecular weight excluding hydrogens is 386 g/mol. The first kappa shape index (κ1) is 21.0. The van der Waals surface area contributed by atoms with Gasteiger partial charge in [0.2, 0.25) is 0 Å². The van der Waals surface area contributed by atoms with Crippen molar-refractivity contribution < 1.29 is 19.1 Å². The fourth-order valence-electron chi connectivity index (χ4n) is 3.37. The predicted molar refractivity (Wildman–Crippen MR) is 118 cm³/mol. The van der Waals surface area contributed by atoms with E-state index in [1.807, 2.05) is 45.9 Å². The number of anilines is 1. The van der Waals surface area contributed by atoms with Crippen LogP contribution in [0.3, 0.4) is 0 Å². The molecule has 2 aromatic carbocycles. The smallest absolute Gasteiger partial charge is 0.272 e. The summed E-state index contributed by atoms with van der Waals surface area (Å²) in [6.45, 7) is 7.98. The van der Waals surface area contributed by atoms with Gasteiger partial charge in [0.25, 0.3) is 11.8 Å². The molecule has 2 aromatic rings. The second kappa shape index (κ2) is 8.33. The van der Waals surface area contributed by atoms with Crippen molar-refractivity contribution in [3.05, 3.63) is 58.0 Å². The van der Waals surface area contributed by atoms with Crippen LogP contribution in [0.25, 0.3) is 5.57 Å². The molecule has 29 heavy (non-hydrogen) atoms. The minimum absolute atomic E-state index is 0.153. The number of imide groups is 1. The number of methoxy groups -OCH3 is 2. The van der Waals surface area contributed by atoms with Gasteiger partial charge in [0.1, 0.15) is 11.5 Å². The van der Waals surface area contributed by atoms with E-state index in [2.05, 4.69) is 0 Å². The molecule has 6 heteroatoms. The van der Waals surface area contributed by atoms with Crippen molar-refractivity contribution in [2.45, 2.75) is 32.9 Å². The third kappa shape index (κ3) is 3.90. The minimum atomic E-state index is -0.339. The first-order chi connectivity index (χ1) is 13.8. The lowest BCUT2D eigenvalue weighted by atomic mass is 9.98. The summed E-state index contributed by atoms with van der Waals surface area (Å²) in [6.07, 6.45) is 0. The molecule has 0 bridgehead atoms. The standard InChI is InChI=1S/C23H25NO4S/c1-13(2)29-21-20(17-9-7-14(3)11-15(17)4)22(25)24(23(21)26)18-10-8-16(27-5)12-19(18)28-6/h7-13H,1-6H3. The number of ether oxygens (including phenoxy) is 2. The van der Waals surface area contributed by atoms with Crippen LogP contribution in [0.15, 0.2) is 41.3 Å². The van der Waals surface area contributed by atoms with Gasteiger partial charge in [0.05, 0.1) is 30.4 Å². The third-order valence-electron chi connectivity index (χ3n) is 4.67. The van der Waals surface area contributed by atoms with Crippen LogP contribution in [-0.2, 0) is 9.59 Å². The van der Waals surface area contributed by atoms with Crippen molar-refractivity contribution in [1.29, 1.82) is 0 Å². The number of hydrogen-bond donors (Lipinski definition) is 0. The van der Waals surface area contributed by atoms with Crippen LogP contribution in [0, 0.1) is 13.8 Å². The first-order valence-corrected chi connectivity index (χ1v) is 10.3. The lowest BCUT2D eigenvalue weighted by molar-refractivity contribution is -0.119. The van der Waals surface area contributed by atoms with Crippen LogP contribution in [0.1, 0.15) is 30.5 Å². The van der Waals surface area contributed by atoms with Gasteiger partial charge >= 0.3 is 0 Å². The monoisotopic (exact) mass is 411 g/mol. The van der Waals surface area contributed by atoms with Crippen LogP contribution in [0.2, 0.25) is 0 Å². The van der Waals surface area contributed by atoms with E-state index in [0.29, 0.717) is 27.7 Å². The molecule has 1 aliphatic heterocycles. The van der Waals surface area contributed by atoms with E-state index < -0.39 is 0 Å². The van der Waals surface area contributed by atoms with Crippen molar-refractivity contribution in [3.8, 4) is 11.5 Å². The molecule has 0 saturated carbocycles. The Labute approximate surface area is 175 Å². The average Bonchev–Trinajstić information content (AvgIpc) is 2.91. The minimum Gasteiger partial charge on any atom is -0.497 e. The predicted octanol–water partition coefficient (Wildman–Crippen LogP) is 4.75. The number of carbonyl (C=O) groups excluding carboxylic acids is 2. The summed E-state index contributed by atoms with van der Waals surface area (Å²) < 4.78 is 10.7. The highest BCUT2D eigenvalue weighted by molar-refractivity contribution is 8.04. The van der Waals surface area contributed by atoms with Gasteiger partial charge in [0, 0.05) is 11.3 Å². The fourth-order valence-corrected chi connectivity index (χ4v) is 4.35. The van der Waals surface area contributed by atoms with Crippen LogP contribution in [-0.4, -0.2) is 31.3 Å². The van der Waals surface area contributed by atoms with E-state index in [1.165, 1.54) is 23.8 Å². The molecule has 3 rings (SSSR count). The molecule has 152 valence electrons. The Hall–Kier alpha value is -2.73. The summed E-state index contributed by atoms with van der Waals surface area (Å²) in [7, 11) is 3.06. The fraction of sp³-hybridized carbons (Fsp3) is 0.304. The molecule has 0 unspecified atom stereocenters. The van der Waals surface area contributed by atoms with Gasteiger partial charge < -0.3 is 9.47 Å². The molecule has 0 aromatic heterocycles. The molecule has 0 saturated heterocycles. The Morgan fingerprint density at radius 2 is 1.66 bits per heavy atom. The summed E-state index contributed by atoms with van der Waals surface area (Å²) in [5.74, 6) is 0.326. The van der Waals surface area contributed by atoms with Crippen molar-refractivity contribution >= 4 is 34.8 Å². The van der Waals surface area contributed by atoms with Crippen molar-refractivity contribution in [2.75, 3.05) is 19.1 Å². The van der Waals surface area contributed by atoms with Gasteiger partial charge in [0.15, 0.2) is 0 Å². The van der Waals surface area contributed by atoms with Gasteiger partial charge in [-0.15, -0.1) is 11.8 Å². The normalized spacial score (nSPS) is 14.2. The Balaban J connectivity index is 2.16. The summed E-state index contributed by atoms with van der Waals surface area (Å²) in [5, 5.41) is 0.153. The highest BCUT2D eigenvalue weighted by Crippen LogP contribution is 2.43. The number of nitrogens with zero attached hydrogens (tertiary/aromatic N) is 1. The van der Waals surface area contributed by atoms with E-state index in [9.17, 15) is 9.59 Å². The number of aryl methyl sites for hydroxylation is 2. The maximum absolute atomic E-state index is 13.5. The van der Waals surface area contributed by atoms with E-state index in [4.69, 9.17) is 9.47 Å². The van der Waals surface area contributed by atoms with Crippen LogP contribution in [0.4, 0.5) is 5.69 Å². The van der Waals surface area contributed by atoms with Gasteiger partial charge in [-0.25, -0.2) is 4.90 Å². The van der Waals surface area contributed by atoms with E-state index in [1.54, 1.807) is 25.3 Å². The van der Waals surface area contributed by atoms with Gasteiger partial charge in [-0.2, -0.15) is 0 Å². The first-order valence-electron chi connectivity index (χ1n) is 9.37. The third-order valence-corrected chi connectivity index (χ3v) is 5.76. The molecule has 1 heterocycles. The number of thioether (sulfide) groups is 1. The number of hydrogen-bond acceptors (Lipinski definition) is 5. The van der Waals surface area contributed by atoms with E-state index >= 15 is 0 Å². The van der Waals surface area contributed by atoms with Crippen molar-refractivity contribution in [1.82, 2.24) is 0 Å². The molecule has 2 amide bonds. The van der Waals surface area contributed by atoms with Gasteiger partial charge in [-0.05, 0) is 37.1 Å². The average molecular weight is 412 g/mol. The molecule has 1 aliphatic rings. The topological polar surface area (TPSA) is 55.8 Å². The van der Waals surface area contributed by atoms with Crippen LogP contribution >= 0.6 is 11.8 Å². The highest BCUT2D eigenvalue weighted by atomic mass is 32.2. The summed E-state index contributed by atoms with van der Waals surface area (Å²) in [6, 6.07) is 11.0. The van der Waals surface area contributed by atoms with Crippen LogP contribution < -0.4 is 14.4 Å². The second-order valence-corrected chi connectivity index (χ2v) is 8.76. The zero-order valence-corrected chi connectivity index (χ0v) is 18.3. The van der Waals surface area contributed by atoms with Gasteiger partial charge in [-0.3, -0.25) is 9.59 Å². The number of amides is 2. The Morgan fingerprint density at radius 3 is 2.24 bits per heavy atom. The second-order valence-electron chi connectivity index (χ2n) is 7.17. The van der Waals surface area contributed by atoms with Crippen molar-refractivity contribution in [3.63, 3.8) is 0 Å². The SMILES string of the molecule is COc1ccc(N2C(=O)C(SC(C)C)=C(c3ccc(C)cc3C)C2=O)c(OC)c1. The molecule has 0 atom stereocenters. The molecule has 0 fully saturated rings. The molecular formula is C23H25NO4S. The number of rotatable bonds is 6. The molecule has 0 N–H and O–H groups in total. The summed E-state index contributed by atoms with van der Waals surface area (Å²) in [5.41, 5.74) is 3.71. The lowest BCUT2D eigenvalue weighted by Gasteiger charge is -2.19. The molecule has 0 spiro atoms. The van der Waals surface area contributed by atoms with E-state index in [0.717, 1.165) is 16.7 Å². The zero-order valence-electron chi connectivity index (χ0n) is 17.5. The Bertz CT molecular complexity index is 1010. The van der Waals surface area contributed by atoms with Crippen molar-refractivity contribution in [2.24, 2.45) is 0 Å². The lowest BCUT2D eigenvalue weighted by Crippen LogP contribution is -2.31. The maximum Gasteiger partial charge on any atom is 0.272 e. The molecule has 0 radical (unpaired) electrons.